The van der Waals surface area contributed by atoms with Gasteiger partial charge in [0.25, 0.3) is 5.56 Å². The summed E-state index contributed by atoms with van der Waals surface area (Å²) in [5, 5.41) is 8.43. The maximum atomic E-state index is 11.7. The maximum Gasteiger partial charge on any atom is 0.258 e. The summed E-state index contributed by atoms with van der Waals surface area (Å²) in [5.41, 5.74) is 0.331. The van der Waals surface area contributed by atoms with Crippen LogP contribution >= 0.6 is 0 Å². The zero-order chi connectivity index (χ0) is 14.7. The van der Waals surface area contributed by atoms with Gasteiger partial charge in [-0.25, -0.2) is 4.98 Å². The fourth-order valence-electron chi connectivity index (χ4n) is 1.94. The quantitative estimate of drug-likeness (QED) is 0.738. The molecule has 2 heterocycles. The van der Waals surface area contributed by atoms with Gasteiger partial charge in [-0.15, -0.1) is 0 Å². The van der Waals surface area contributed by atoms with E-state index in [-0.39, 0.29) is 5.56 Å². The number of benzene rings is 1. The van der Waals surface area contributed by atoms with Crippen molar-refractivity contribution < 1.29 is 9.47 Å². The number of aromatic amines is 1. The number of aromatic nitrogens is 5. The molecule has 0 spiro atoms. The van der Waals surface area contributed by atoms with Crippen molar-refractivity contribution in [1.29, 1.82) is 0 Å². The minimum absolute atomic E-state index is 0.217. The van der Waals surface area contributed by atoms with Crippen LogP contribution in [0.1, 0.15) is 0 Å². The molecule has 1 N–H and O–H groups in total. The second-order valence-corrected chi connectivity index (χ2v) is 4.23. The van der Waals surface area contributed by atoms with Gasteiger partial charge in [-0.1, -0.05) is 0 Å². The number of ether oxygens (including phenoxy) is 2. The minimum atomic E-state index is -0.217. The molecule has 3 aromatic rings. The van der Waals surface area contributed by atoms with Gasteiger partial charge in [-0.3, -0.25) is 4.79 Å². The lowest BCUT2D eigenvalue weighted by atomic mass is 10.2. The molecule has 0 saturated heterocycles. The standard InChI is InChI=1S/C13H13N5O3/c1-20-11-6-9-10(14-8-15-13(9)19)7-12(11)21-5-4-18-16-2-3-17-18/h2-3,6-8H,4-5H2,1H3,(H,14,15,19). The summed E-state index contributed by atoms with van der Waals surface area (Å²) in [6, 6.07) is 3.29. The molecule has 21 heavy (non-hydrogen) atoms. The number of fused-ring (bicyclic) bond motifs is 1. The Balaban J connectivity index is 1.85. The molecule has 8 heteroatoms. The Labute approximate surface area is 119 Å². The van der Waals surface area contributed by atoms with E-state index in [1.807, 2.05) is 0 Å². The molecule has 108 valence electrons. The first kappa shape index (κ1) is 13.1. The van der Waals surface area contributed by atoms with Gasteiger partial charge in [-0.05, 0) is 6.07 Å². The van der Waals surface area contributed by atoms with E-state index in [2.05, 4.69) is 20.2 Å². The highest BCUT2D eigenvalue weighted by molar-refractivity contribution is 5.81. The lowest BCUT2D eigenvalue weighted by Gasteiger charge is -2.11. The van der Waals surface area contributed by atoms with Crippen LogP contribution in [0.2, 0.25) is 0 Å². The molecule has 0 bridgehead atoms. The molecule has 8 nitrogen and oxygen atoms in total. The summed E-state index contributed by atoms with van der Waals surface area (Å²) < 4.78 is 10.9. The third-order valence-corrected chi connectivity index (χ3v) is 2.94. The molecular weight excluding hydrogens is 274 g/mol. The smallest absolute Gasteiger partial charge is 0.258 e. The topological polar surface area (TPSA) is 94.9 Å². The summed E-state index contributed by atoms with van der Waals surface area (Å²) in [6.07, 6.45) is 4.56. The summed E-state index contributed by atoms with van der Waals surface area (Å²) in [6.45, 7) is 0.886. The Morgan fingerprint density at radius 3 is 2.81 bits per heavy atom. The summed E-state index contributed by atoms with van der Waals surface area (Å²) in [5.74, 6) is 1.00. The molecule has 0 aliphatic heterocycles. The van der Waals surface area contributed by atoms with E-state index < -0.39 is 0 Å². The van der Waals surface area contributed by atoms with Gasteiger partial charge in [0.15, 0.2) is 11.5 Å². The number of nitrogens with zero attached hydrogens (tertiary/aromatic N) is 4. The molecule has 0 aliphatic rings. The molecule has 0 amide bonds. The van der Waals surface area contributed by atoms with Crippen molar-refractivity contribution in [3.8, 4) is 11.5 Å². The van der Waals surface area contributed by atoms with E-state index in [0.717, 1.165) is 0 Å². The van der Waals surface area contributed by atoms with Crippen LogP contribution < -0.4 is 15.0 Å². The normalized spacial score (nSPS) is 10.7. The van der Waals surface area contributed by atoms with Gasteiger partial charge >= 0.3 is 0 Å². The fraction of sp³-hybridized carbons (Fsp3) is 0.231. The molecule has 0 saturated carbocycles. The number of hydrogen-bond donors (Lipinski definition) is 1. The number of hydrogen-bond acceptors (Lipinski definition) is 6. The molecular formula is C13H13N5O3. The molecule has 0 radical (unpaired) electrons. The van der Waals surface area contributed by atoms with Crippen LogP contribution in [-0.4, -0.2) is 38.7 Å². The largest absolute Gasteiger partial charge is 0.493 e. The van der Waals surface area contributed by atoms with Crippen LogP contribution in [0.5, 0.6) is 11.5 Å². The zero-order valence-corrected chi connectivity index (χ0v) is 11.3. The van der Waals surface area contributed by atoms with Crippen molar-refractivity contribution in [2.45, 2.75) is 6.54 Å². The molecule has 0 unspecified atom stereocenters. The van der Waals surface area contributed by atoms with E-state index in [0.29, 0.717) is 35.6 Å². The van der Waals surface area contributed by atoms with Crippen molar-refractivity contribution in [2.24, 2.45) is 0 Å². The van der Waals surface area contributed by atoms with E-state index in [4.69, 9.17) is 9.47 Å². The Morgan fingerprint density at radius 2 is 2.05 bits per heavy atom. The molecule has 0 fully saturated rings. The molecule has 1 aromatic carbocycles. The van der Waals surface area contributed by atoms with E-state index >= 15 is 0 Å². The zero-order valence-electron chi connectivity index (χ0n) is 11.3. The monoisotopic (exact) mass is 287 g/mol. The van der Waals surface area contributed by atoms with Crippen LogP contribution in [-0.2, 0) is 6.54 Å². The summed E-state index contributed by atoms with van der Waals surface area (Å²) >= 11 is 0. The van der Waals surface area contributed by atoms with Crippen LogP contribution in [0.3, 0.4) is 0 Å². The SMILES string of the molecule is COc1cc2c(=O)[nH]cnc2cc1OCCn1nccn1. The van der Waals surface area contributed by atoms with Gasteiger partial charge in [0, 0.05) is 6.07 Å². The first-order chi connectivity index (χ1) is 10.3. The first-order valence-corrected chi connectivity index (χ1v) is 6.30. The van der Waals surface area contributed by atoms with Crippen molar-refractivity contribution in [3.05, 3.63) is 41.2 Å². The predicted octanol–water partition coefficient (Wildman–Crippen LogP) is 0.602. The number of rotatable bonds is 5. The van der Waals surface area contributed by atoms with Crippen LogP contribution in [0.15, 0.2) is 35.6 Å². The van der Waals surface area contributed by atoms with Gasteiger partial charge in [-0.2, -0.15) is 15.0 Å². The Morgan fingerprint density at radius 1 is 1.24 bits per heavy atom. The Kier molecular flexibility index (Phi) is 3.50. The Bertz CT molecular complexity index is 797. The second kappa shape index (κ2) is 5.61. The highest BCUT2D eigenvalue weighted by Crippen LogP contribution is 2.30. The summed E-state index contributed by atoms with van der Waals surface area (Å²) in [4.78, 5) is 19.9. The van der Waals surface area contributed by atoms with E-state index in [9.17, 15) is 4.79 Å². The number of methoxy groups -OCH3 is 1. The highest BCUT2D eigenvalue weighted by atomic mass is 16.5. The number of nitrogens with one attached hydrogen (secondary N) is 1. The van der Waals surface area contributed by atoms with Crippen LogP contribution in [0, 0.1) is 0 Å². The molecule has 3 rings (SSSR count). The molecule has 0 aliphatic carbocycles. The highest BCUT2D eigenvalue weighted by Gasteiger charge is 2.10. The third kappa shape index (κ3) is 2.69. The predicted molar refractivity (Wildman–Crippen MR) is 74.4 cm³/mol. The lowest BCUT2D eigenvalue weighted by Crippen LogP contribution is -2.11. The molecule has 0 atom stereocenters. The third-order valence-electron chi connectivity index (χ3n) is 2.94. The van der Waals surface area contributed by atoms with Crippen molar-refractivity contribution in [2.75, 3.05) is 13.7 Å². The minimum Gasteiger partial charge on any atom is -0.493 e. The second-order valence-electron chi connectivity index (χ2n) is 4.23. The maximum absolute atomic E-state index is 11.7. The van der Waals surface area contributed by atoms with Gasteiger partial charge in [0.05, 0.1) is 43.3 Å². The van der Waals surface area contributed by atoms with Crippen molar-refractivity contribution >= 4 is 10.9 Å². The van der Waals surface area contributed by atoms with E-state index in [1.54, 1.807) is 24.5 Å². The Hall–Kier alpha value is -2.90. The van der Waals surface area contributed by atoms with Crippen LogP contribution in [0.25, 0.3) is 10.9 Å². The van der Waals surface area contributed by atoms with Gasteiger partial charge < -0.3 is 14.5 Å². The summed E-state index contributed by atoms with van der Waals surface area (Å²) in [7, 11) is 1.52. The fourth-order valence-corrected chi connectivity index (χ4v) is 1.94. The lowest BCUT2D eigenvalue weighted by molar-refractivity contribution is 0.267. The molecule has 2 aromatic heterocycles. The van der Waals surface area contributed by atoms with Gasteiger partial charge in [0.2, 0.25) is 0 Å². The van der Waals surface area contributed by atoms with E-state index in [1.165, 1.54) is 18.2 Å². The average Bonchev–Trinajstić information content (AvgIpc) is 3.00. The van der Waals surface area contributed by atoms with Crippen LogP contribution in [0.4, 0.5) is 0 Å². The van der Waals surface area contributed by atoms with Crippen molar-refractivity contribution in [1.82, 2.24) is 25.0 Å². The average molecular weight is 287 g/mol. The van der Waals surface area contributed by atoms with Gasteiger partial charge in [0.1, 0.15) is 6.61 Å². The van der Waals surface area contributed by atoms with Crippen molar-refractivity contribution in [3.63, 3.8) is 0 Å². The number of H-pyrrole nitrogens is 1. The first-order valence-electron chi connectivity index (χ1n) is 6.30.